The maximum atomic E-state index is 14.1. The first-order valence-electron chi connectivity index (χ1n) is 11.0. The zero-order valence-corrected chi connectivity index (χ0v) is 18.2. The highest BCUT2D eigenvalue weighted by Crippen LogP contribution is 2.39. The molecule has 0 saturated heterocycles. The summed E-state index contributed by atoms with van der Waals surface area (Å²) in [5.41, 5.74) is 2.18. The molecule has 2 aliphatic heterocycles. The molecule has 2 aromatic carbocycles. The van der Waals surface area contributed by atoms with Gasteiger partial charge in [-0.3, -0.25) is 19.4 Å². The third-order valence-corrected chi connectivity index (χ3v) is 6.37. The van der Waals surface area contributed by atoms with Gasteiger partial charge in [0.15, 0.2) is 0 Å². The quantitative estimate of drug-likeness (QED) is 0.627. The highest BCUT2D eigenvalue weighted by atomic mass is 19.4. The van der Waals surface area contributed by atoms with Crippen molar-refractivity contribution < 1.29 is 22.8 Å². The molecule has 34 heavy (non-hydrogen) atoms. The van der Waals surface area contributed by atoms with Crippen LogP contribution in [0.4, 0.5) is 24.5 Å². The summed E-state index contributed by atoms with van der Waals surface area (Å²) >= 11 is 0. The molecule has 3 heterocycles. The maximum Gasteiger partial charge on any atom is 0.409 e. The Morgan fingerprint density at radius 2 is 1.71 bits per heavy atom. The smallest absolute Gasteiger partial charge is 0.348 e. The lowest BCUT2D eigenvalue weighted by molar-refractivity contribution is -0.158. The van der Waals surface area contributed by atoms with E-state index in [0.29, 0.717) is 13.1 Å². The summed E-state index contributed by atoms with van der Waals surface area (Å²) in [7, 11) is 0. The van der Waals surface area contributed by atoms with Crippen LogP contribution < -0.4 is 10.2 Å². The van der Waals surface area contributed by atoms with Crippen molar-refractivity contribution in [2.75, 3.05) is 23.3 Å². The number of nitrogens with zero attached hydrogens (tertiary/aromatic N) is 3. The number of hydrogen-bond acceptors (Lipinski definition) is 3. The van der Waals surface area contributed by atoms with Crippen molar-refractivity contribution in [2.24, 2.45) is 0 Å². The molecule has 2 amide bonds. The lowest BCUT2D eigenvalue weighted by atomic mass is 10.00. The molecule has 2 atom stereocenters. The van der Waals surface area contributed by atoms with Crippen LogP contribution in [0.3, 0.4) is 0 Å². The van der Waals surface area contributed by atoms with Gasteiger partial charge in [-0.05, 0) is 29.8 Å². The molecule has 2 aliphatic rings. The van der Waals surface area contributed by atoms with Crippen molar-refractivity contribution in [2.45, 2.75) is 31.2 Å². The number of aromatic nitrogens is 1. The van der Waals surface area contributed by atoms with Crippen LogP contribution >= 0.6 is 0 Å². The zero-order chi connectivity index (χ0) is 23.9. The van der Waals surface area contributed by atoms with Gasteiger partial charge in [-0.25, -0.2) is 0 Å². The maximum absolute atomic E-state index is 14.1. The van der Waals surface area contributed by atoms with Gasteiger partial charge in [0.05, 0.1) is 30.4 Å². The molecule has 3 aromatic rings. The van der Waals surface area contributed by atoms with Gasteiger partial charge in [0.2, 0.25) is 11.8 Å². The average molecular weight is 468 g/mol. The fourth-order valence-corrected chi connectivity index (χ4v) is 4.86. The standard InChI is InChI=1S/C25H23F3N4O2/c26-25(27,28)21-15-22(33)29-18-9-4-5-10-19(18)32(21)23(34)16-31-14-13-30-12-6-11-20(30)24(31)17-7-2-1-3-8-17/h1-12,21,24H,13-16H2,(H,29,33). The second-order valence-corrected chi connectivity index (χ2v) is 8.50. The van der Waals surface area contributed by atoms with Crippen LogP contribution in [0.1, 0.15) is 23.7 Å². The van der Waals surface area contributed by atoms with Gasteiger partial charge in [-0.15, -0.1) is 0 Å². The number of fused-ring (bicyclic) bond motifs is 2. The summed E-state index contributed by atoms with van der Waals surface area (Å²) in [5.74, 6) is -1.48. The van der Waals surface area contributed by atoms with E-state index in [4.69, 9.17) is 0 Å². The molecule has 0 saturated carbocycles. The first kappa shape index (κ1) is 22.2. The number of para-hydroxylation sites is 2. The van der Waals surface area contributed by atoms with Gasteiger partial charge in [-0.2, -0.15) is 13.2 Å². The minimum absolute atomic E-state index is 0.0531. The second-order valence-electron chi connectivity index (χ2n) is 8.50. The van der Waals surface area contributed by atoms with E-state index >= 15 is 0 Å². The number of halogens is 3. The van der Waals surface area contributed by atoms with Crippen molar-refractivity contribution in [1.82, 2.24) is 9.47 Å². The van der Waals surface area contributed by atoms with Gasteiger partial charge in [0.25, 0.3) is 0 Å². The molecule has 2 unspecified atom stereocenters. The Morgan fingerprint density at radius 1 is 0.971 bits per heavy atom. The summed E-state index contributed by atoms with van der Waals surface area (Å²) in [6.45, 7) is 0.897. The van der Waals surface area contributed by atoms with Crippen molar-refractivity contribution >= 4 is 23.2 Å². The van der Waals surface area contributed by atoms with E-state index in [2.05, 4.69) is 9.88 Å². The number of carbonyl (C=O) groups is 2. The zero-order valence-electron chi connectivity index (χ0n) is 18.2. The second kappa shape index (κ2) is 8.64. The van der Waals surface area contributed by atoms with Crippen LogP contribution in [-0.4, -0.2) is 46.6 Å². The Morgan fingerprint density at radius 3 is 2.47 bits per heavy atom. The first-order valence-corrected chi connectivity index (χ1v) is 11.0. The van der Waals surface area contributed by atoms with E-state index in [1.165, 1.54) is 12.1 Å². The van der Waals surface area contributed by atoms with E-state index < -0.39 is 30.5 Å². The summed E-state index contributed by atoms with van der Waals surface area (Å²) in [4.78, 5) is 28.5. The molecule has 6 nitrogen and oxygen atoms in total. The van der Waals surface area contributed by atoms with Gasteiger partial charge < -0.3 is 9.88 Å². The number of hydrogen-bond donors (Lipinski definition) is 1. The number of alkyl halides is 3. The minimum Gasteiger partial charge on any atom is -0.348 e. The molecule has 0 bridgehead atoms. The predicted octanol–water partition coefficient (Wildman–Crippen LogP) is 4.20. The van der Waals surface area contributed by atoms with Gasteiger partial charge in [0, 0.05) is 25.0 Å². The number of rotatable bonds is 3. The van der Waals surface area contributed by atoms with Crippen LogP contribution in [0.15, 0.2) is 72.9 Å². The topological polar surface area (TPSA) is 57.6 Å². The third kappa shape index (κ3) is 4.07. The highest BCUT2D eigenvalue weighted by molar-refractivity contribution is 6.05. The molecule has 0 aliphatic carbocycles. The highest BCUT2D eigenvalue weighted by Gasteiger charge is 2.49. The lowest BCUT2D eigenvalue weighted by Crippen LogP contribution is -2.53. The Hall–Kier alpha value is -3.59. The lowest BCUT2D eigenvalue weighted by Gasteiger charge is -2.39. The van der Waals surface area contributed by atoms with Gasteiger partial charge in [0.1, 0.15) is 6.04 Å². The Kier molecular flexibility index (Phi) is 5.65. The van der Waals surface area contributed by atoms with Crippen molar-refractivity contribution in [1.29, 1.82) is 0 Å². The number of nitrogens with one attached hydrogen (secondary N) is 1. The predicted molar refractivity (Wildman–Crippen MR) is 121 cm³/mol. The third-order valence-electron chi connectivity index (χ3n) is 6.37. The number of anilines is 2. The normalized spacial score (nSPS) is 20.8. The van der Waals surface area contributed by atoms with E-state index in [9.17, 15) is 22.8 Å². The monoisotopic (exact) mass is 468 g/mol. The molecular weight excluding hydrogens is 445 g/mol. The van der Waals surface area contributed by atoms with E-state index in [0.717, 1.165) is 16.2 Å². The van der Waals surface area contributed by atoms with Gasteiger partial charge >= 0.3 is 6.18 Å². The number of benzene rings is 2. The fourth-order valence-electron chi connectivity index (χ4n) is 4.86. The largest absolute Gasteiger partial charge is 0.409 e. The van der Waals surface area contributed by atoms with Crippen molar-refractivity contribution in [3.8, 4) is 0 Å². The SMILES string of the molecule is O=C1CC(C(F)(F)F)N(C(=O)CN2CCn3cccc3C2c2ccccc2)c2ccccc2N1. The number of amides is 2. The first-order chi connectivity index (χ1) is 16.3. The summed E-state index contributed by atoms with van der Waals surface area (Å²) in [6.07, 6.45) is -3.65. The molecular formula is C25H23F3N4O2. The molecule has 0 spiro atoms. The van der Waals surface area contributed by atoms with Crippen molar-refractivity contribution in [3.05, 3.63) is 84.2 Å². The molecule has 1 N–H and O–H groups in total. The average Bonchev–Trinajstić information content (AvgIpc) is 3.22. The van der Waals surface area contributed by atoms with Crippen LogP contribution in [0.25, 0.3) is 0 Å². The molecule has 9 heteroatoms. The summed E-state index contributed by atoms with van der Waals surface area (Å²) in [6, 6.07) is 17.1. The summed E-state index contributed by atoms with van der Waals surface area (Å²) < 4.78 is 44.4. The Labute approximate surface area is 194 Å². The molecule has 0 fully saturated rings. The van der Waals surface area contributed by atoms with Crippen LogP contribution in [-0.2, 0) is 16.1 Å². The summed E-state index contributed by atoms with van der Waals surface area (Å²) in [5, 5.41) is 2.51. The van der Waals surface area contributed by atoms with E-state index in [-0.39, 0.29) is 24.0 Å². The van der Waals surface area contributed by atoms with E-state index in [1.807, 2.05) is 53.6 Å². The Balaban J connectivity index is 1.52. The molecule has 0 radical (unpaired) electrons. The van der Waals surface area contributed by atoms with Crippen LogP contribution in [0.2, 0.25) is 0 Å². The van der Waals surface area contributed by atoms with E-state index in [1.54, 1.807) is 12.1 Å². The van der Waals surface area contributed by atoms with Crippen LogP contribution in [0.5, 0.6) is 0 Å². The van der Waals surface area contributed by atoms with Gasteiger partial charge in [-0.1, -0.05) is 42.5 Å². The number of carbonyl (C=O) groups excluding carboxylic acids is 2. The molecule has 176 valence electrons. The van der Waals surface area contributed by atoms with Crippen LogP contribution in [0, 0.1) is 0 Å². The molecule has 1 aromatic heterocycles. The minimum atomic E-state index is -4.76. The Bertz CT molecular complexity index is 1210. The molecule has 5 rings (SSSR count). The van der Waals surface area contributed by atoms with Crippen molar-refractivity contribution in [3.63, 3.8) is 0 Å². The fraction of sp³-hybridized carbons (Fsp3) is 0.280.